The van der Waals surface area contributed by atoms with Crippen molar-refractivity contribution in [1.82, 2.24) is 25.2 Å². The number of piperazine rings is 1. The highest BCUT2D eigenvalue weighted by atomic mass is 15.3. The zero-order valence-electron chi connectivity index (χ0n) is 19.5. The number of nitrogens with one attached hydrogen (secondary N) is 1. The van der Waals surface area contributed by atoms with Crippen LogP contribution in [0.4, 0.5) is 5.82 Å². The molecule has 2 aromatic heterocycles. The molecule has 0 unspecified atom stereocenters. The summed E-state index contributed by atoms with van der Waals surface area (Å²) in [6.45, 7) is 9.63. The van der Waals surface area contributed by atoms with E-state index in [1.54, 1.807) is 12.4 Å². The lowest BCUT2D eigenvalue weighted by Crippen LogP contribution is -2.48. The number of aryl methyl sites for hydroxylation is 2. The first-order valence-electron chi connectivity index (χ1n) is 12.0. The minimum atomic E-state index is 0.826. The quantitative estimate of drug-likeness (QED) is 0.528. The van der Waals surface area contributed by atoms with Crippen molar-refractivity contribution in [1.29, 1.82) is 0 Å². The van der Waals surface area contributed by atoms with Crippen LogP contribution < -0.4 is 10.2 Å². The second kappa shape index (κ2) is 10.6. The topological polar surface area (TPSA) is 69.5 Å². The van der Waals surface area contributed by atoms with Gasteiger partial charge in [0.05, 0.1) is 17.6 Å². The Balaban J connectivity index is 1.28. The highest BCUT2D eigenvalue weighted by Gasteiger charge is 2.19. The molecule has 174 valence electrons. The zero-order valence-corrected chi connectivity index (χ0v) is 19.5. The molecular weight excluding hydrogens is 422 g/mol. The maximum Gasteiger partial charge on any atom is 0.147 e. The van der Waals surface area contributed by atoms with Crippen molar-refractivity contribution < 1.29 is 0 Å². The number of nitrogens with zero attached hydrogens (tertiary/aromatic N) is 6. The minimum absolute atomic E-state index is 0.826. The molecule has 1 saturated heterocycles. The summed E-state index contributed by atoms with van der Waals surface area (Å²) >= 11 is 0. The van der Waals surface area contributed by atoms with Gasteiger partial charge in [0, 0.05) is 75.2 Å². The van der Waals surface area contributed by atoms with E-state index in [0.717, 1.165) is 74.0 Å². The highest BCUT2D eigenvalue weighted by Crippen LogP contribution is 2.30. The van der Waals surface area contributed by atoms with Crippen molar-refractivity contribution in [2.45, 2.75) is 19.3 Å². The van der Waals surface area contributed by atoms with E-state index in [0.29, 0.717) is 0 Å². The van der Waals surface area contributed by atoms with Crippen LogP contribution in [-0.2, 0) is 12.8 Å². The number of anilines is 1. The molecule has 7 heteroatoms. The SMILES string of the molecule is C=N/C(=C(\NCCN1CCN(c2cnccn2)CC1)c1ccncc1)c1ccc2c(c1)CCC2. The molecule has 1 fully saturated rings. The van der Waals surface area contributed by atoms with Crippen molar-refractivity contribution >= 4 is 23.9 Å². The van der Waals surface area contributed by atoms with Gasteiger partial charge in [-0.2, -0.15) is 0 Å². The first-order chi connectivity index (χ1) is 16.8. The molecule has 1 aromatic carbocycles. The van der Waals surface area contributed by atoms with Crippen LogP contribution in [0.25, 0.3) is 11.4 Å². The third kappa shape index (κ3) is 4.99. The van der Waals surface area contributed by atoms with Gasteiger partial charge >= 0.3 is 0 Å². The third-order valence-electron chi connectivity index (χ3n) is 6.71. The van der Waals surface area contributed by atoms with Gasteiger partial charge in [-0.1, -0.05) is 12.1 Å². The van der Waals surface area contributed by atoms with E-state index >= 15 is 0 Å². The van der Waals surface area contributed by atoms with Crippen LogP contribution in [0.15, 0.2) is 66.3 Å². The van der Waals surface area contributed by atoms with Gasteiger partial charge in [0.1, 0.15) is 5.82 Å². The minimum Gasteiger partial charge on any atom is -0.382 e. The number of aromatic nitrogens is 3. The lowest BCUT2D eigenvalue weighted by atomic mass is 10.0. The predicted molar refractivity (Wildman–Crippen MR) is 138 cm³/mol. The molecule has 34 heavy (non-hydrogen) atoms. The van der Waals surface area contributed by atoms with Gasteiger partial charge in [0.2, 0.25) is 0 Å². The van der Waals surface area contributed by atoms with E-state index < -0.39 is 0 Å². The number of hydrogen-bond donors (Lipinski definition) is 1. The Morgan fingerprint density at radius 2 is 1.74 bits per heavy atom. The van der Waals surface area contributed by atoms with Crippen molar-refractivity contribution in [3.8, 4) is 0 Å². The molecule has 7 nitrogen and oxygen atoms in total. The molecular formula is C27H31N7. The second-order valence-corrected chi connectivity index (χ2v) is 8.77. The Morgan fingerprint density at radius 1 is 0.912 bits per heavy atom. The van der Waals surface area contributed by atoms with E-state index in [2.05, 4.69) is 60.0 Å². The molecule has 0 radical (unpaired) electrons. The lowest BCUT2D eigenvalue weighted by Gasteiger charge is -2.35. The molecule has 1 aliphatic carbocycles. The monoisotopic (exact) mass is 453 g/mol. The van der Waals surface area contributed by atoms with Crippen LogP contribution >= 0.6 is 0 Å². The first kappa shape index (κ1) is 22.2. The van der Waals surface area contributed by atoms with Crippen molar-refractivity contribution in [2.75, 3.05) is 44.2 Å². The van der Waals surface area contributed by atoms with Gasteiger partial charge in [-0.05, 0) is 55.3 Å². The highest BCUT2D eigenvalue weighted by molar-refractivity contribution is 5.90. The smallest absolute Gasteiger partial charge is 0.147 e. The van der Waals surface area contributed by atoms with Gasteiger partial charge in [-0.3, -0.25) is 19.9 Å². The summed E-state index contributed by atoms with van der Waals surface area (Å²) in [6.07, 6.45) is 12.5. The molecule has 0 amide bonds. The van der Waals surface area contributed by atoms with Crippen LogP contribution in [0.2, 0.25) is 0 Å². The first-order valence-corrected chi connectivity index (χ1v) is 12.0. The summed E-state index contributed by atoms with van der Waals surface area (Å²) in [5, 5.41) is 3.68. The van der Waals surface area contributed by atoms with Crippen molar-refractivity contribution in [2.24, 2.45) is 4.99 Å². The number of pyridine rings is 1. The fraction of sp³-hybridized carbons (Fsp3) is 0.333. The summed E-state index contributed by atoms with van der Waals surface area (Å²) < 4.78 is 0. The summed E-state index contributed by atoms with van der Waals surface area (Å²) in [5.74, 6) is 0.958. The van der Waals surface area contributed by atoms with Crippen molar-refractivity contribution in [3.05, 3.63) is 83.6 Å². The Bertz CT molecular complexity index is 1140. The van der Waals surface area contributed by atoms with Crippen LogP contribution in [0.3, 0.4) is 0 Å². The number of fused-ring (bicyclic) bond motifs is 1. The number of hydrogen-bond acceptors (Lipinski definition) is 7. The Morgan fingerprint density at radius 3 is 2.50 bits per heavy atom. The van der Waals surface area contributed by atoms with Gasteiger partial charge in [0.15, 0.2) is 0 Å². The van der Waals surface area contributed by atoms with Crippen LogP contribution in [0.5, 0.6) is 0 Å². The van der Waals surface area contributed by atoms with E-state index in [1.807, 2.05) is 30.7 Å². The maximum atomic E-state index is 4.48. The van der Waals surface area contributed by atoms with E-state index in [1.165, 1.54) is 24.0 Å². The number of benzene rings is 1. The van der Waals surface area contributed by atoms with Gasteiger partial charge in [-0.15, -0.1) is 0 Å². The number of rotatable bonds is 8. The lowest BCUT2D eigenvalue weighted by molar-refractivity contribution is 0.260. The average molecular weight is 454 g/mol. The van der Waals surface area contributed by atoms with Gasteiger partial charge in [-0.25, -0.2) is 4.98 Å². The largest absolute Gasteiger partial charge is 0.382 e. The molecule has 3 heterocycles. The summed E-state index contributed by atoms with van der Waals surface area (Å²) in [7, 11) is 0. The van der Waals surface area contributed by atoms with Crippen LogP contribution in [-0.4, -0.2) is 65.8 Å². The van der Waals surface area contributed by atoms with Gasteiger partial charge in [0.25, 0.3) is 0 Å². The Kier molecular flexibility index (Phi) is 6.91. The average Bonchev–Trinajstić information content (AvgIpc) is 3.38. The van der Waals surface area contributed by atoms with E-state index in [4.69, 9.17) is 0 Å². The number of aliphatic imine (C=N–C) groups is 1. The van der Waals surface area contributed by atoms with Crippen LogP contribution in [0.1, 0.15) is 28.7 Å². The fourth-order valence-corrected chi connectivity index (χ4v) is 4.87. The van der Waals surface area contributed by atoms with Crippen LogP contribution in [0, 0.1) is 0 Å². The van der Waals surface area contributed by atoms with Gasteiger partial charge < -0.3 is 10.2 Å². The summed E-state index contributed by atoms with van der Waals surface area (Å²) in [4.78, 5) is 22.1. The molecule has 0 atom stereocenters. The second-order valence-electron chi connectivity index (χ2n) is 8.77. The normalized spacial score (nSPS) is 16.6. The maximum absolute atomic E-state index is 4.48. The van der Waals surface area contributed by atoms with E-state index in [9.17, 15) is 0 Å². The molecule has 1 aliphatic heterocycles. The molecule has 0 spiro atoms. The molecule has 1 N–H and O–H groups in total. The third-order valence-corrected chi connectivity index (χ3v) is 6.71. The zero-order chi connectivity index (χ0) is 23.2. The molecule has 0 bridgehead atoms. The fourth-order valence-electron chi connectivity index (χ4n) is 4.87. The molecule has 0 saturated carbocycles. The standard InChI is InChI=1S/C27H31N7/c1-28-26(24-6-5-21-3-2-4-23(21)19-24)27(22-7-9-29-10-8-22)32-13-14-33-15-17-34(18-16-33)25-20-30-11-12-31-25/h5-12,19-20,32H,1-4,13-18H2/b27-26-. The molecule has 5 rings (SSSR count). The van der Waals surface area contributed by atoms with Crippen molar-refractivity contribution in [3.63, 3.8) is 0 Å². The van der Waals surface area contributed by atoms with E-state index in [-0.39, 0.29) is 0 Å². The Hall–Kier alpha value is -3.58. The summed E-state index contributed by atoms with van der Waals surface area (Å²) in [5.41, 5.74) is 7.00. The Labute approximate surface area is 201 Å². The predicted octanol–water partition coefficient (Wildman–Crippen LogP) is 3.30. The summed E-state index contributed by atoms with van der Waals surface area (Å²) in [6, 6.07) is 10.8. The molecule has 2 aliphatic rings. The molecule has 3 aromatic rings.